The van der Waals surface area contributed by atoms with Gasteiger partial charge in [-0.3, -0.25) is 4.79 Å². The summed E-state index contributed by atoms with van der Waals surface area (Å²) in [6.07, 6.45) is 0.448. The molecule has 1 aliphatic heterocycles. The van der Waals surface area contributed by atoms with E-state index in [1.165, 1.54) is 20.3 Å². The lowest BCUT2D eigenvalue weighted by molar-refractivity contribution is 0.0723. The maximum absolute atomic E-state index is 13.1. The van der Waals surface area contributed by atoms with Crippen molar-refractivity contribution >= 4 is 5.78 Å². The second-order valence-electron chi connectivity index (χ2n) is 6.08. The van der Waals surface area contributed by atoms with Crippen LogP contribution in [0.1, 0.15) is 21.5 Å². The van der Waals surface area contributed by atoms with Gasteiger partial charge >= 0.3 is 0 Å². The van der Waals surface area contributed by atoms with Crippen LogP contribution in [0.3, 0.4) is 0 Å². The molecule has 1 heterocycles. The molecule has 1 atom stereocenters. The summed E-state index contributed by atoms with van der Waals surface area (Å²) in [6.45, 7) is 0.173. The second kappa shape index (κ2) is 4.80. The van der Waals surface area contributed by atoms with E-state index in [1.807, 2.05) is 0 Å². The molecular formula is C18H16O6. The lowest BCUT2D eigenvalue weighted by atomic mass is 9.60. The zero-order valence-corrected chi connectivity index (χ0v) is 13.3. The number of methoxy groups -OCH3 is 2. The lowest BCUT2D eigenvalue weighted by Gasteiger charge is -2.45. The smallest absolute Gasteiger partial charge is 0.184 e. The van der Waals surface area contributed by atoms with E-state index in [0.29, 0.717) is 23.7 Å². The van der Waals surface area contributed by atoms with Gasteiger partial charge in [0, 0.05) is 12.1 Å². The molecule has 124 valence electrons. The van der Waals surface area contributed by atoms with Crippen LogP contribution in [0.5, 0.6) is 28.7 Å². The Bertz CT molecular complexity index is 872. The largest absolute Gasteiger partial charge is 0.507 e. The molecular weight excluding hydrogens is 312 g/mol. The summed E-state index contributed by atoms with van der Waals surface area (Å²) < 4.78 is 16.0. The van der Waals surface area contributed by atoms with Crippen LogP contribution >= 0.6 is 0 Å². The lowest BCUT2D eigenvalue weighted by Crippen LogP contribution is -2.52. The van der Waals surface area contributed by atoms with Crippen molar-refractivity contribution in [1.82, 2.24) is 0 Å². The van der Waals surface area contributed by atoms with Gasteiger partial charge in [0.15, 0.2) is 17.3 Å². The van der Waals surface area contributed by atoms with Gasteiger partial charge in [0.1, 0.15) is 29.4 Å². The molecule has 2 aliphatic rings. The number of benzene rings is 2. The molecule has 0 saturated heterocycles. The Labute approximate surface area is 138 Å². The quantitative estimate of drug-likeness (QED) is 0.879. The molecule has 2 aromatic rings. The number of Topliss-reactive ketones (excluding diaryl/α,β-unsaturated/α-hetero) is 1. The molecule has 6 nitrogen and oxygen atoms in total. The number of rotatable bonds is 2. The van der Waals surface area contributed by atoms with Gasteiger partial charge in [-0.25, -0.2) is 0 Å². The summed E-state index contributed by atoms with van der Waals surface area (Å²) >= 11 is 0. The third kappa shape index (κ3) is 1.73. The minimum absolute atomic E-state index is 0.0447. The Kier molecular flexibility index (Phi) is 2.94. The molecule has 1 aliphatic carbocycles. The van der Waals surface area contributed by atoms with Crippen LogP contribution < -0.4 is 14.2 Å². The number of aromatic hydroxyl groups is 2. The molecule has 0 saturated carbocycles. The predicted molar refractivity (Wildman–Crippen MR) is 84.5 cm³/mol. The van der Waals surface area contributed by atoms with E-state index in [1.54, 1.807) is 18.2 Å². The molecule has 2 aromatic carbocycles. The topological polar surface area (TPSA) is 85.2 Å². The van der Waals surface area contributed by atoms with E-state index in [9.17, 15) is 15.0 Å². The summed E-state index contributed by atoms with van der Waals surface area (Å²) in [5.74, 6) is 0.752. The Morgan fingerprint density at radius 3 is 2.58 bits per heavy atom. The van der Waals surface area contributed by atoms with Gasteiger partial charge in [-0.05, 0) is 29.7 Å². The number of ether oxygens (including phenoxy) is 3. The van der Waals surface area contributed by atoms with Crippen LogP contribution in [-0.4, -0.2) is 36.8 Å². The first-order chi connectivity index (χ1) is 11.5. The highest BCUT2D eigenvalue weighted by atomic mass is 16.5. The summed E-state index contributed by atoms with van der Waals surface area (Å²) in [5, 5.41) is 20.1. The first-order valence-electron chi connectivity index (χ1n) is 7.49. The van der Waals surface area contributed by atoms with Crippen molar-refractivity contribution in [3.05, 3.63) is 41.0 Å². The van der Waals surface area contributed by atoms with Gasteiger partial charge in [-0.15, -0.1) is 0 Å². The van der Waals surface area contributed by atoms with Crippen LogP contribution in [0.25, 0.3) is 0 Å². The SMILES string of the molecule is COc1cc(O)c2c(c1)OC[C@]1(Cc3cc(O)c(OC)cc31)C2=O. The highest BCUT2D eigenvalue weighted by Gasteiger charge is 2.54. The average molecular weight is 328 g/mol. The highest BCUT2D eigenvalue weighted by Crippen LogP contribution is 2.52. The summed E-state index contributed by atoms with van der Waals surface area (Å²) in [4.78, 5) is 13.1. The second-order valence-corrected chi connectivity index (χ2v) is 6.08. The monoisotopic (exact) mass is 328 g/mol. The zero-order valence-electron chi connectivity index (χ0n) is 13.3. The van der Waals surface area contributed by atoms with Gasteiger partial charge < -0.3 is 24.4 Å². The van der Waals surface area contributed by atoms with Crippen LogP contribution in [0.15, 0.2) is 24.3 Å². The summed E-state index contributed by atoms with van der Waals surface area (Å²) in [6, 6.07) is 6.27. The maximum atomic E-state index is 13.1. The van der Waals surface area contributed by atoms with Gasteiger partial charge in [-0.1, -0.05) is 0 Å². The molecule has 24 heavy (non-hydrogen) atoms. The van der Waals surface area contributed by atoms with Crippen molar-refractivity contribution in [3.8, 4) is 28.7 Å². The van der Waals surface area contributed by atoms with Crippen molar-refractivity contribution in [3.63, 3.8) is 0 Å². The third-order valence-corrected chi connectivity index (χ3v) is 4.84. The molecule has 0 aromatic heterocycles. The van der Waals surface area contributed by atoms with Crippen LogP contribution in [0, 0.1) is 0 Å². The molecule has 0 radical (unpaired) electrons. The fourth-order valence-corrected chi connectivity index (χ4v) is 3.55. The first-order valence-corrected chi connectivity index (χ1v) is 7.49. The van der Waals surface area contributed by atoms with Crippen molar-refractivity contribution in [2.45, 2.75) is 11.8 Å². The minimum Gasteiger partial charge on any atom is -0.507 e. The van der Waals surface area contributed by atoms with Crippen LogP contribution in [0.4, 0.5) is 0 Å². The minimum atomic E-state index is -0.852. The van der Waals surface area contributed by atoms with Gasteiger partial charge in [0.05, 0.1) is 19.6 Å². The van der Waals surface area contributed by atoms with E-state index in [2.05, 4.69) is 0 Å². The normalized spacial score (nSPS) is 20.7. The molecule has 4 rings (SSSR count). The maximum Gasteiger partial charge on any atom is 0.184 e. The van der Waals surface area contributed by atoms with Gasteiger partial charge in [-0.2, -0.15) is 0 Å². The number of hydrogen-bond donors (Lipinski definition) is 2. The number of ketones is 1. The summed E-state index contributed by atoms with van der Waals surface area (Å²) in [5.41, 5.74) is 0.958. The molecule has 0 fully saturated rings. The zero-order chi connectivity index (χ0) is 17.1. The van der Waals surface area contributed by atoms with E-state index < -0.39 is 5.41 Å². The molecule has 2 N–H and O–H groups in total. The Morgan fingerprint density at radius 2 is 1.88 bits per heavy atom. The van der Waals surface area contributed by atoms with Crippen molar-refractivity contribution < 1.29 is 29.2 Å². The van der Waals surface area contributed by atoms with Crippen LogP contribution in [-0.2, 0) is 11.8 Å². The number of phenolic OH excluding ortho intramolecular Hbond substituents is 2. The number of fused-ring (bicyclic) bond motifs is 3. The molecule has 0 amide bonds. The third-order valence-electron chi connectivity index (χ3n) is 4.84. The molecule has 0 bridgehead atoms. The van der Waals surface area contributed by atoms with Crippen LogP contribution in [0.2, 0.25) is 0 Å². The molecule has 6 heteroatoms. The number of carbonyl (C=O) groups is 1. The fourth-order valence-electron chi connectivity index (χ4n) is 3.55. The van der Waals surface area contributed by atoms with E-state index >= 15 is 0 Å². The highest BCUT2D eigenvalue weighted by molar-refractivity contribution is 6.11. The molecule has 1 spiro atoms. The van der Waals surface area contributed by atoms with Crippen molar-refractivity contribution in [2.75, 3.05) is 20.8 Å². The van der Waals surface area contributed by atoms with Crippen molar-refractivity contribution in [1.29, 1.82) is 0 Å². The Morgan fingerprint density at radius 1 is 1.08 bits per heavy atom. The Hall–Kier alpha value is -2.89. The van der Waals surface area contributed by atoms with E-state index in [0.717, 1.165) is 11.1 Å². The fraction of sp³-hybridized carbons (Fsp3) is 0.278. The number of hydrogen-bond acceptors (Lipinski definition) is 6. The van der Waals surface area contributed by atoms with E-state index in [-0.39, 0.29) is 29.5 Å². The standard InChI is InChI=1S/C18H16O6/c1-22-10-4-13(20)16-15(5-10)24-8-18(17(16)21)7-9-3-12(19)14(23-2)6-11(9)18/h3-6,19-20H,7-8H2,1-2H3/t18-/m0/s1. The van der Waals surface area contributed by atoms with E-state index in [4.69, 9.17) is 14.2 Å². The predicted octanol–water partition coefficient (Wildman–Crippen LogP) is 2.18. The molecule has 0 unspecified atom stereocenters. The average Bonchev–Trinajstić information content (AvgIpc) is 2.55. The Balaban J connectivity index is 1.82. The van der Waals surface area contributed by atoms with Gasteiger partial charge in [0.2, 0.25) is 0 Å². The van der Waals surface area contributed by atoms with Gasteiger partial charge in [0.25, 0.3) is 0 Å². The first kappa shape index (κ1) is 14.7. The van der Waals surface area contributed by atoms with Crippen molar-refractivity contribution in [2.24, 2.45) is 0 Å². The number of carbonyl (C=O) groups excluding carboxylic acids is 1. The number of phenols is 2. The summed E-state index contributed by atoms with van der Waals surface area (Å²) in [7, 11) is 2.94.